The van der Waals surface area contributed by atoms with Gasteiger partial charge in [0.2, 0.25) is 0 Å². The molecule has 29 heavy (non-hydrogen) atoms. The average molecular weight is 387 g/mol. The van der Waals surface area contributed by atoms with Crippen molar-refractivity contribution in [3.63, 3.8) is 0 Å². The van der Waals surface area contributed by atoms with Crippen molar-refractivity contribution in [1.29, 1.82) is 0 Å². The van der Waals surface area contributed by atoms with Gasteiger partial charge in [-0.2, -0.15) is 5.10 Å². The summed E-state index contributed by atoms with van der Waals surface area (Å²) in [6, 6.07) is 7.90. The first kappa shape index (κ1) is 17.5. The summed E-state index contributed by atoms with van der Waals surface area (Å²) in [5.41, 5.74) is 2.72. The van der Waals surface area contributed by atoms with E-state index >= 15 is 0 Å². The van der Waals surface area contributed by atoms with E-state index in [9.17, 15) is 0 Å². The first-order chi connectivity index (χ1) is 14.2. The maximum Gasteiger partial charge on any atom is 0.163 e. The molecule has 1 aliphatic rings. The number of anilines is 2. The minimum Gasteiger partial charge on any atom is -0.369 e. The van der Waals surface area contributed by atoms with Crippen LogP contribution in [-0.2, 0) is 7.05 Å². The van der Waals surface area contributed by atoms with Gasteiger partial charge in [-0.25, -0.2) is 9.97 Å². The molecule has 1 aliphatic heterocycles. The first-order valence-corrected chi connectivity index (χ1v) is 9.56. The Morgan fingerprint density at radius 2 is 1.90 bits per heavy atom. The molecule has 0 spiro atoms. The highest BCUT2D eigenvalue weighted by atomic mass is 15.3. The Morgan fingerprint density at radius 1 is 1.07 bits per heavy atom. The van der Waals surface area contributed by atoms with Crippen molar-refractivity contribution < 1.29 is 0 Å². The van der Waals surface area contributed by atoms with E-state index in [1.807, 2.05) is 44.4 Å². The Labute approximate surface area is 167 Å². The van der Waals surface area contributed by atoms with E-state index in [4.69, 9.17) is 0 Å². The number of rotatable bonds is 5. The number of pyridine rings is 1. The van der Waals surface area contributed by atoms with Crippen LogP contribution in [0.15, 0.2) is 42.9 Å². The van der Waals surface area contributed by atoms with Gasteiger partial charge in [-0.1, -0.05) is 0 Å². The van der Waals surface area contributed by atoms with Crippen LogP contribution < -0.4 is 10.2 Å². The van der Waals surface area contributed by atoms with E-state index < -0.39 is 0 Å². The van der Waals surface area contributed by atoms with Crippen molar-refractivity contribution in [3.05, 3.63) is 48.7 Å². The van der Waals surface area contributed by atoms with Gasteiger partial charge in [-0.15, -0.1) is 10.2 Å². The Hall–Kier alpha value is -3.62. The van der Waals surface area contributed by atoms with Gasteiger partial charge in [-0.3, -0.25) is 9.67 Å². The van der Waals surface area contributed by atoms with Gasteiger partial charge in [0.1, 0.15) is 11.6 Å². The Balaban J connectivity index is 1.20. The van der Waals surface area contributed by atoms with Crippen LogP contribution >= 0.6 is 0 Å². The minimum atomic E-state index is 0.527. The summed E-state index contributed by atoms with van der Waals surface area (Å²) in [4.78, 5) is 15.3. The van der Waals surface area contributed by atoms with Gasteiger partial charge < -0.3 is 10.2 Å². The summed E-state index contributed by atoms with van der Waals surface area (Å²) < 4.78 is 1.77. The van der Waals surface area contributed by atoms with Crippen molar-refractivity contribution in [3.8, 4) is 11.3 Å². The zero-order valence-corrected chi connectivity index (χ0v) is 16.3. The van der Waals surface area contributed by atoms with Crippen molar-refractivity contribution >= 4 is 22.7 Å². The number of aryl methyl sites for hydroxylation is 2. The molecule has 0 atom stereocenters. The number of hydrogen-bond acceptors (Lipinski definition) is 8. The molecule has 0 aromatic carbocycles. The van der Waals surface area contributed by atoms with E-state index in [0.717, 1.165) is 59.4 Å². The van der Waals surface area contributed by atoms with Gasteiger partial charge in [0.25, 0.3) is 0 Å². The lowest BCUT2D eigenvalue weighted by Crippen LogP contribution is -2.50. The van der Waals surface area contributed by atoms with Crippen LogP contribution in [0.5, 0.6) is 0 Å². The fraction of sp³-hybridized carbons (Fsp3) is 0.300. The lowest BCUT2D eigenvalue weighted by Gasteiger charge is -2.40. The van der Waals surface area contributed by atoms with Crippen LogP contribution in [0.1, 0.15) is 5.82 Å². The third kappa shape index (κ3) is 3.35. The molecule has 0 aliphatic carbocycles. The molecule has 4 aromatic rings. The fourth-order valence-electron chi connectivity index (χ4n) is 3.56. The van der Waals surface area contributed by atoms with E-state index in [1.165, 1.54) is 0 Å². The number of nitrogens with one attached hydrogen (secondary N) is 1. The smallest absolute Gasteiger partial charge is 0.163 e. The maximum absolute atomic E-state index is 4.54. The molecule has 0 unspecified atom stereocenters. The van der Waals surface area contributed by atoms with E-state index in [0.29, 0.717) is 5.92 Å². The standard InChI is InChI=1S/C20H21N9/c1-13-24-19(16-10-23-28(2)20(16)25-13)22-9-14-11-29(12-14)18-4-3-17(26-27-18)15-5-7-21-8-6-15/h3-8,10,14H,9,11-12H2,1-2H3,(H,22,24,25). The fourth-order valence-corrected chi connectivity index (χ4v) is 3.56. The molecule has 0 bridgehead atoms. The lowest BCUT2D eigenvalue weighted by atomic mass is 10.00. The normalized spacial score (nSPS) is 14.2. The molecule has 0 saturated carbocycles. The maximum atomic E-state index is 4.54. The Kier molecular flexibility index (Phi) is 4.27. The monoisotopic (exact) mass is 387 g/mol. The van der Waals surface area contributed by atoms with Gasteiger partial charge in [0.05, 0.1) is 17.3 Å². The minimum absolute atomic E-state index is 0.527. The molecule has 0 radical (unpaired) electrons. The van der Waals surface area contributed by atoms with Crippen LogP contribution in [0.3, 0.4) is 0 Å². The molecule has 9 nitrogen and oxygen atoms in total. The lowest BCUT2D eigenvalue weighted by molar-refractivity contribution is 0.425. The van der Waals surface area contributed by atoms with E-state index in [-0.39, 0.29) is 0 Å². The molecule has 9 heteroatoms. The van der Waals surface area contributed by atoms with Gasteiger partial charge in [-0.05, 0) is 31.2 Å². The molecular formula is C20H21N9. The highest BCUT2D eigenvalue weighted by Crippen LogP contribution is 2.25. The molecule has 5 heterocycles. The number of nitrogens with zero attached hydrogens (tertiary/aromatic N) is 8. The third-order valence-corrected chi connectivity index (χ3v) is 5.17. The second kappa shape index (κ2) is 7.08. The largest absolute Gasteiger partial charge is 0.369 e. The van der Waals surface area contributed by atoms with E-state index in [1.54, 1.807) is 17.1 Å². The first-order valence-electron chi connectivity index (χ1n) is 9.56. The average Bonchev–Trinajstić information content (AvgIpc) is 3.08. The van der Waals surface area contributed by atoms with Crippen LogP contribution in [-0.4, -0.2) is 54.6 Å². The zero-order valence-electron chi connectivity index (χ0n) is 16.3. The number of hydrogen-bond donors (Lipinski definition) is 1. The second-order valence-electron chi connectivity index (χ2n) is 7.29. The van der Waals surface area contributed by atoms with Crippen LogP contribution in [0, 0.1) is 12.8 Å². The van der Waals surface area contributed by atoms with Crippen molar-refractivity contribution in [2.75, 3.05) is 29.9 Å². The molecule has 1 fully saturated rings. The van der Waals surface area contributed by atoms with Crippen molar-refractivity contribution in [1.82, 2.24) is 34.9 Å². The highest BCUT2D eigenvalue weighted by molar-refractivity contribution is 5.86. The zero-order chi connectivity index (χ0) is 19.8. The van der Waals surface area contributed by atoms with Gasteiger partial charge in [0.15, 0.2) is 11.5 Å². The summed E-state index contributed by atoms with van der Waals surface area (Å²) >= 11 is 0. The Morgan fingerprint density at radius 3 is 2.66 bits per heavy atom. The van der Waals surface area contributed by atoms with Crippen LogP contribution in [0.2, 0.25) is 0 Å². The molecule has 0 amide bonds. The quantitative estimate of drug-likeness (QED) is 0.556. The van der Waals surface area contributed by atoms with Crippen LogP contribution in [0.25, 0.3) is 22.3 Å². The Bertz CT molecular complexity index is 1130. The highest BCUT2D eigenvalue weighted by Gasteiger charge is 2.28. The summed E-state index contributed by atoms with van der Waals surface area (Å²) in [5.74, 6) is 3.02. The molecule has 1 saturated heterocycles. The third-order valence-electron chi connectivity index (χ3n) is 5.17. The van der Waals surface area contributed by atoms with Gasteiger partial charge in [0, 0.05) is 50.6 Å². The molecule has 1 N–H and O–H groups in total. The topological polar surface area (TPSA) is 97.5 Å². The van der Waals surface area contributed by atoms with Crippen molar-refractivity contribution in [2.45, 2.75) is 6.92 Å². The predicted molar refractivity (Wildman–Crippen MR) is 110 cm³/mol. The molecule has 4 aromatic heterocycles. The van der Waals surface area contributed by atoms with Gasteiger partial charge >= 0.3 is 0 Å². The second-order valence-corrected chi connectivity index (χ2v) is 7.29. The predicted octanol–water partition coefficient (Wildman–Crippen LogP) is 2.07. The summed E-state index contributed by atoms with van der Waals surface area (Å²) in [7, 11) is 1.89. The van der Waals surface area contributed by atoms with Crippen molar-refractivity contribution in [2.24, 2.45) is 13.0 Å². The summed E-state index contributed by atoms with van der Waals surface area (Å²) in [6.07, 6.45) is 5.33. The van der Waals surface area contributed by atoms with E-state index in [2.05, 4.69) is 40.5 Å². The molecule has 146 valence electrons. The summed E-state index contributed by atoms with van der Waals surface area (Å²) in [5, 5.41) is 17.5. The SMILES string of the molecule is Cc1nc(NCC2CN(c3ccc(-c4ccncc4)nn3)C2)c2cnn(C)c2n1. The number of fused-ring (bicyclic) bond motifs is 1. The number of aromatic nitrogens is 7. The summed E-state index contributed by atoms with van der Waals surface area (Å²) in [6.45, 7) is 4.63. The molecule has 5 rings (SSSR count). The molecular weight excluding hydrogens is 366 g/mol. The van der Waals surface area contributed by atoms with Crippen LogP contribution in [0.4, 0.5) is 11.6 Å².